The zero-order chi connectivity index (χ0) is 13.1. The molecule has 0 radical (unpaired) electrons. The van der Waals surface area contributed by atoms with Gasteiger partial charge in [-0.25, -0.2) is 8.78 Å². The highest BCUT2D eigenvalue weighted by molar-refractivity contribution is 5.55. The molecule has 0 aliphatic rings. The molecule has 0 spiro atoms. The summed E-state index contributed by atoms with van der Waals surface area (Å²) in [6.07, 6.45) is 0. The first-order valence-electron chi connectivity index (χ1n) is 5.22. The van der Waals surface area contributed by atoms with Gasteiger partial charge in [-0.15, -0.1) is 0 Å². The van der Waals surface area contributed by atoms with Gasteiger partial charge in [-0.2, -0.15) is 0 Å². The summed E-state index contributed by atoms with van der Waals surface area (Å²) in [7, 11) is 0. The van der Waals surface area contributed by atoms with Crippen molar-refractivity contribution in [3.63, 3.8) is 0 Å². The van der Waals surface area contributed by atoms with Crippen molar-refractivity contribution < 1.29 is 18.6 Å². The van der Waals surface area contributed by atoms with Crippen molar-refractivity contribution >= 4 is 5.69 Å². The first-order chi connectivity index (χ1) is 8.60. The molecule has 5 heteroatoms. The molecule has 0 aliphatic heterocycles. The third-order valence-electron chi connectivity index (χ3n) is 2.37. The molecule has 0 aliphatic carbocycles. The minimum Gasteiger partial charge on any atom is -0.455 e. The summed E-state index contributed by atoms with van der Waals surface area (Å²) in [6, 6.07) is 8.20. The summed E-state index contributed by atoms with van der Waals surface area (Å²) in [5.41, 5.74) is 5.82. The molecule has 0 saturated carbocycles. The maximum atomic E-state index is 13.2. The number of ether oxygens (including phenoxy) is 1. The van der Waals surface area contributed by atoms with Crippen molar-refractivity contribution in [3.05, 3.63) is 53.6 Å². The Labute approximate surface area is 102 Å². The molecule has 0 aromatic heterocycles. The molecule has 0 fully saturated rings. The van der Waals surface area contributed by atoms with Gasteiger partial charge in [0.05, 0.1) is 6.61 Å². The van der Waals surface area contributed by atoms with Crippen LogP contribution < -0.4 is 10.5 Å². The monoisotopic (exact) mass is 251 g/mol. The van der Waals surface area contributed by atoms with Gasteiger partial charge in [-0.05, 0) is 17.7 Å². The second-order valence-electron chi connectivity index (χ2n) is 3.71. The summed E-state index contributed by atoms with van der Waals surface area (Å²) >= 11 is 0. The van der Waals surface area contributed by atoms with Gasteiger partial charge in [0, 0.05) is 12.1 Å². The fourth-order valence-electron chi connectivity index (χ4n) is 1.48. The Kier molecular flexibility index (Phi) is 3.43. The van der Waals surface area contributed by atoms with Crippen molar-refractivity contribution in [2.45, 2.75) is 6.61 Å². The smallest absolute Gasteiger partial charge is 0.156 e. The molecule has 2 rings (SSSR count). The summed E-state index contributed by atoms with van der Waals surface area (Å²) in [6.45, 7) is -0.149. The zero-order valence-electron chi connectivity index (χ0n) is 9.36. The quantitative estimate of drug-likeness (QED) is 0.825. The predicted molar refractivity (Wildman–Crippen MR) is 63.2 cm³/mol. The molecule has 3 N–H and O–H groups in total. The number of benzene rings is 2. The molecule has 0 amide bonds. The van der Waals surface area contributed by atoms with Crippen LogP contribution >= 0.6 is 0 Å². The van der Waals surface area contributed by atoms with Crippen LogP contribution in [0.1, 0.15) is 5.56 Å². The Balaban J connectivity index is 2.33. The van der Waals surface area contributed by atoms with Gasteiger partial charge in [-0.1, -0.05) is 12.1 Å². The van der Waals surface area contributed by atoms with Crippen molar-refractivity contribution in [3.8, 4) is 11.5 Å². The molecule has 0 unspecified atom stereocenters. The summed E-state index contributed by atoms with van der Waals surface area (Å²) in [4.78, 5) is 0. The third kappa shape index (κ3) is 2.57. The summed E-state index contributed by atoms with van der Waals surface area (Å²) in [5, 5.41) is 8.97. The van der Waals surface area contributed by atoms with Gasteiger partial charge in [0.1, 0.15) is 17.3 Å². The maximum absolute atomic E-state index is 13.2. The van der Waals surface area contributed by atoms with Crippen molar-refractivity contribution in [2.75, 3.05) is 5.73 Å². The molecule has 94 valence electrons. The van der Waals surface area contributed by atoms with Gasteiger partial charge in [-0.3, -0.25) is 0 Å². The van der Waals surface area contributed by atoms with Gasteiger partial charge < -0.3 is 15.6 Å². The SMILES string of the molecule is Nc1c(F)cc(F)cc1Oc1cccc(CO)c1. The highest BCUT2D eigenvalue weighted by Gasteiger charge is 2.10. The molecule has 18 heavy (non-hydrogen) atoms. The highest BCUT2D eigenvalue weighted by Crippen LogP contribution is 2.30. The van der Waals surface area contributed by atoms with Crippen LogP contribution in [0.4, 0.5) is 14.5 Å². The Morgan fingerprint density at radius 3 is 2.67 bits per heavy atom. The lowest BCUT2D eigenvalue weighted by Gasteiger charge is -2.10. The Morgan fingerprint density at radius 2 is 1.94 bits per heavy atom. The van der Waals surface area contributed by atoms with E-state index in [1.807, 2.05) is 0 Å². The average molecular weight is 251 g/mol. The number of halogens is 2. The normalized spacial score (nSPS) is 10.4. The molecular weight excluding hydrogens is 240 g/mol. The van der Waals surface area contributed by atoms with Crippen LogP contribution in [0.2, 0.25) is 0 Å². The molecule has 0 heterocycles. The number of aliphatic hydroxyl groups excluding tert-OH is 1. The summed E-state index contributed by atoms with van der Waals surface area (Å²) < 4.78 is 31.5. The van der Waals surface area contributed by atoms with Crippen LogP contribution in [0.15, 0.2) is 36.4 Å². The largest absolute Gasteiger partial charge is 0.455 e. The van der Waals surface area contributed by atoms with E-state index in [1.54, 1.807) is 24.3 Å². The molecule has 2 aromatic carbocycles. The number of anilines is 1. The van der Waals surface area contributed by atoms with Crippen molar-refractivity contribution in [1.29, 1.82) is 0 Å². The Bertz CT molecular complexity index is 573. The zero-order valence-corrected chi connectivity index (χ0v) is 9.36. The fraction of sp³-hybridized carbons (Fsp3) is 0.0769. The number of aliphatic hydroxyl groups is 1. The molecule has 0 atom stereocenters. The molecular formula is C13H11F2NO2. The van der Waals surface area contributed by atoms with E-state index in [-0.39, 0.29) is 18.0 Å². The fourth-order valence-corrected chi connectivity index (χ4v) is 1.48. The second kappa shape index (κ2) is 5.01. The van der Waals surface area contributed by atoms with Crippen LogP contribution in [0, 0.1) is 11.6 Å². The van der Waals surface area contributed by atoms with Crippen LogP contribution in [-0.2, 0) is 6.61 Å². The molecule has 2 aromatic rings. The van der Waals surface area contributed by atoms with Gasteiger partial charge >= 0.3 is 0 Å². The standard InChI is InChI=1S/C13H11F2NO2/c14-9-5-11(15)13(16)12(6-9)18-10-3-1-2-8(4-10)7-17/h1-6,17H,7,16H2. The van der Waals surface area contributed by atoms with Gasteiger partial charge in [0.2, 0.25) is 0 Å². The lowest BCUT2D eigenvalue weighted by atomic mass is 10.2. The van der Waals surface area contributed by atoms with Crippen LogP contribution in [0.3, 0.4) is 0 Å². The number of nitrogen functional groups attached to an aromatic ring is 1. The Morgan fingerprint density at radius 1 is 1.17 bits per heavy atom. The molecule has 0 saturated heterocycles. The van der Waals surface area contributed by atoms with Gasteiger partial charge in [0.15, 0.2) is 11.6 Å². The van der Waals surface area contributed by atoms with Gasteiger partial charge in [0.25, 0.3) is 0 Å². The number of hydrogen-bond donors (Lipinski definition) is 2. The van der Waals surface area contributed by atoms with E-state index in [9.17, 15) is 8.78 Å². The number of nitrogens with two attached hydrogens (primary N) is 1. The predicted octanol–water partition coefficient (Wildman–Crippen LogP) is 2.83. The van der Waals surface area contributed by atoms with Crippen molar-refractivity contribution in [1.82, 2.24) is 0 Å². The molecule has 3 nitrogen and oxygen atoms in total. The van der Waals surface area contributed by atoms with Crippen LogP contribution in [0.25, 0.3) is 0 Å². The lowest BCUT2D eigenvalue weighted by molar-refractivity contribution is 0.281. The van der Waals surface area contributed by atoms with E-state index in [0.29, 0.717) is 17.4 Å². The number of hydrogen-bond acceptors (Lipinski definition) is 3. The van der Waals surface area contributed by atoms with E-state index >= 15 is 0 Å². The van der Waals surface area contributed by atoms with E-state index in [0.717, 1.165) is 6.07 Å². The maximum Gasteiger partial charge on any atom is 0.156 e. The average Bonchev–Trinajstić information content (AvgIpc) is 2.35. The minimum absolute atomic E-state index is 0.0948. The minimum atomic E-state index is -0.872. The Hall–Kier alpha value is -2.14. The second-order valence-corrected chi connectivity index (χ2v) is 3.71. The van der Waals surface area contributed by atoms with E-state index in [1.165, 1.54) is 0 Å². The van der Waals surface area contributed by atoms with Crippen LogP contribution in [0.5, 0.6) is 11.5 Å². The van der Waals surface area contributed by atoms with E-state index in [2.05, 4.69) is 0 Å². The first-order valence-corrected chi connectivity index (χ1v) is 5.22. The first kappa shape index (κ1) is 12.3. The van der Waals surface area contributed by atoms with Crippen LogP contribution in [-0.4, -0.2) is 5.11 Å². The van der Waals surface area contributed by atoms with Crippen molar-refractivity contribution in [2.24, 2.45) is 0 Å². The molecule has 0 bridgehead atoms. The van der Waals surface area contributed by atoms with E-state index < -0.39 is 11.6 Å². The number of rotatable bonds is 3. The summed E-state index contributed by atoms with van der Waals surface area (Å²) in [5.74, 6) is -1.39. The highest BCUT2D eigenvalue weighted by atomic mass is 19.1. The topological polar surface area (TPSA) is 55.5 Å². The van der Waals surface area contributed by atoms with E-state index in [4.69, 9.17) is 15.6 Å². The third-order valence-corrected chi connectivity index (χ3v) is 2.37. The lowest BCUT2D eigenvalue weighted by Crippen LogP contribution is -1.97.